The van der Waals surface area contributed by atoms with Crippen molar-refractivity contribution in [2.45, 2.75) is 6.42 Å². The number of carbonyl (C=O) groups is 4. The molecule has 138 valence electrons. The van der Waals surface area contributed by atoms with Crippen LogP contribution in [0, 0.1) is 0 Å². The van der Waals surface area contributed by atoms with E-state index >= 15 is 0 Å². The lowest BCUT2D eigenvalue weighted by molar-refractivity contribution is -0.131. The Morgan fingerprint density at radius 2 is 1.52 bits per heavy atom. The third-order valence-electron chi connectivity index (χ3n) is 3.31. The van der Waals surface area contributed by atoms with Gasteiger partial charge >= 0.3 is 5.97 Å². The molecule has 0 radical (unpaired) electrons. The molecule has 2 aromatic rings. The van der Waals surface area contributed by atoms with Gasteiger partial charge in [-0.25, -0.2) is 4.79 Å². The lowest BCUT2D eigenvalue weighted by atomic mass is 10.1. The smallest absolute Gasteiger partial charge is 0.328 e. The molecular weight excluding hydrogens is 350 g/mol. The van der Waals surface area contributed by atoms with Crippen LogP contribution in [0.4, 0.5) is 5.69 Å². The van der Waals surface area contributed by atoms with Gasteiger partial charge in [0, 0.05) is 23.4 Å². The minimum atomic E-state index is -1.28. The minimum absolute atomic E-state index is 0.184. The molecule has 0 aliphatic heterocycles. The van der Waals surface area contributed by atoms with E-state index in [4.69, 9.17) is 5.11 Å². The predicted molar refractivity (Wildman–Crippen MR) is 97.6 cm³/mol. The SMILES string of the molecule is O=C(O)/C=C\C(=O)NNC(=O)c1ccc(NC(=O)Cc2ccccc2)cc1. The van der Waals surface area contributed by atoms with E-state index in [9.17, 15) is 19.2 Å². The van der Waals surface area contributed by atoms with E-state index in [0.717, 1.165) is 11.6 Å². The maximum atomic E-state index is 12.0. The average Bonchev–Trinajstić information content (AvgIpc) is 2.65. The van der Waals surface area contributed by atoms with Crippen LogP contribution in [0.15, 0.2) is 66.7 Å². The molecule has 2 rings (SSSR count). The van der Waals surface area contributed by atoms with Gasteiger partial charge in [-0.3, -0.25) is 25.2 Å². The highest BCUT2D eigenvalue weighted by Gasteiger charge is 2.08. The Kier molecular flexibility index (Phi) is 6.83. The van der Waals surface area contributed by atoms with Crippen molar-refractivity contribution >= 4 is 29.4 Å². The molecule has 0 spiro atoms. The topological polar surface area (TPSA) is 125 Å². The molecule has 0 atom stereocenters. The highest BCUT2D eigenvalue weighted by molar-refractivity contribution is 5.99. The summed E-state index contributed by atoms with van der Waals surface area (Å²) in [5.74, 6) is -2.83. The van der Waals surface area contributed by atoms with Gasteiger partial charge in [0.15, 0.2) is 0 Å². The quantitative estimate of drug-likeness (QED) is 0.452. The molecule has 0 bridgehead atoms. The normalized spacial score (nSPS) is 10.2. The van der Waals surface area contributed by atoms with Crippen molar-refractivity contribution in [1.29, 1.82) is 0 Å². The molecule has 0 aromatic heterocycles. The standard InChI is InChI=1S/C19H17N3O5/c23-16(10-11-18(25)26)21-22-19(27)14-6-8-15(9-7-14)20-17(24)12-13-4-2-1-3-5-13/h1-11H,12H2,(H,20,24)(H,21,23)(H,22,27)(H,25,26)/b11-10-. The summed E-state index contributed by atoms with van der Waals surface area (Å²) in [6.07, 6.45) is 1.65. The van der Waals surface area contributed by atoms with Crippen LogP contribution in [-0.4, -0.2) is 28.8 Å². The largest absolute Gasteiger partial charge is 0.478 e. The summed E-state index contributed by atoms with van der Waals surface area (Å²) in [7, 11) is 0. The number of carboxylic acids is 1. The van der Waals surface area contributed by atoms with Crippen molar-refractivity contribution in [3.05, 3.63) is 77.9 Å². The first-order chi connectivity index (χ1) is 12.9. The maximum absolute atomic E-state index is 12.0. The summed E-state index contributed by atoms with van der Waals surface area (Å²) in [5, 5.41) is 11.1. The predicted octanol–water partition coefficient (Wildman–Crippen LogP) is 1.27. The van der Waals surface area contributed by atoms with Gasteiger partial charge in [0.25, 0.3) is 11.8 Å². The Morgan fingerprint density at radius 1 is 0.852 bits per heavy atom. The second-order valence-corrected chi connectivity index (χ2v) is 5.40. The average molecular weight is 367 g/mol. The fraction of sp³-hybridized carbons (Fsp3) is 0.0526. The first-order valence-electron chi connectivity index (χ1n) is 7.89. The molecule has 27 heavy (non-hydrogen) atoms. The number of hydrazine groups is 1. The summed E-state index contributed by atoms with van der Waals surface area (Å²) in [6, 6.07) is 15.4. The van der Waals surface area contributed by atoms with E-state index in [1.165, 1.54) is 12.1 Å². The molecule has 3 amide bonds. The highest BCUT2D eigenvalue weighted by Crippen LogP contribution is 2.10. The van der Waals surface area contributed by atoms with Crippen LogP contribution in [0.25, 0.3) is 0 Å². The molecular formula is C19H17N3O5. The van der Waals surface area contributed by atoms with Gasteiger partial charge in [0.1, 0.15) is 0 Å². The van der Waals surface area contributed by atoms with E-state index in [-0.39, 0.29) is 17.9 Å². The van der Waals surface area contributed by atoms with E-state index in [1.807, 2.05) is 30.3 Å². The minimum Gasteiger partial charge on any atom is -0.478 e. The summed E-state index contributed by atoms with van der Waals surface area (Å²) in [4.78, 5) is 45.5. The number of nitrogens with one attached hydrogen (secondary N) is 3. The van der Waals surface area contributed by atoms with E-state index in [1.54, 1.807) is 12.1 Å². The molecule has 0 aliphatic rings. The molecule has 0 saturated heterocycles. The summed E-state index contributed by atoms with van der Waals surface area (Å²) in [5.41, 5.74) is 5.86. The van der Waals surface area contributed by atoms with Gasteiger partial charge < -0.3 is 10.4 Å². The van der Waals surface area contributed by atoms with Crippen molar-refractivity contribution < 1.29 is 24.3 Å². The number of rotatable bonds is 6. The molecule has 8 heteroatoms. The molecule has 4 N–H and O–H groups in total. The van der Waals surface area contributed by atoms with Crippen LogP contribution in [0.5, 0.6) is 0 Å². The third kappa shape index (κ3) is 6.83. The molecule has 0 fully saturated rings. The Balaban J connectivity index is 1.85. The van der Waals surface area contributed by atoms with Gasteiger partial charge in [-0.2, -0.15) is 0 Å². The van der Waals surface area contributed by atoms with Crippen LogP contribution in [0.1, 0.15) is 15.9 Å². The molecule has 0 heterocycles. The second-order valence-electron chi connectivity index (χ2n) is 5.40. The second kappa shape index (κ2) is 9.52. The van der Waals surface area contributed by atoms with Crippen molar-refractivity contribution in [1.82, 2.24) is 10.9 Å². The number of carboxylic acid groups (broad SMARTS) is 1. The summed E-state index contributed by atoms with van der Waals surface area (Å²) in [6.45, 7) is 0. The Bertz CT molecular complexity index is 861. The fourth-order valence-electron chi connectivity index (χ4n) is 2.07. The Morgan fingerprint density at radius 3 is 2.15 bits per heavy atom. The molecule has 0 saturated carbocycles. The number of hydrogen-bond acceptors (Lipinski definition) is 4. The van der Waals surface area contributed by atoms with Crippen LogP contribution in [0.3, 0.4) is 0 Å². The lowest BCUT2D eigenvalue weighted by Crippen LogP contribution is -2.40. The summed E-state index contributed by atoms with van der Waals surface area (Å²) < 4.78 is 0. The molecule has 8 nitrogen and oxygen atoms in total. The van der Waals surface area contributed by atoms with Gasteiger partial charge in [0.05, 0.1) is 6.42 Å². The van der Waals surface area contributed by atoms with E-state index < -0.39 is 17.8 Å². The number of amides is 3. The maximum Gasteiger partial charge on any atom is 0.328 e. The zero-order chi connectivity index (χ0) is 19.6. The van der Waals surface area contributed by atoms with Crippen molar-refractivity contribution in [2.24, 2.45) is 0 Å². The van der Waals surface area contributed by atoms with Gasteiger partial charge in [-0.05, 0) is 29.8 Å². The summed E-state index contributed by atoms with van der Waals surface area (Å²) >= 11 is 0. The Labute approximate surface area is 154 Å². The highest BCUT2D eigenvalue weighted by atomic mass is 16.4. The van der Waals surface area contributed by atoms with Crippen LogP contribution in [-0.2, 0) is 20.8 Å². The van der Waals surface area contributed by atoms with Crippen LogP contribution < -0.4 is 16.2 Å². The van der Waals surface area contributed by atoms with Gasteiger partial charge in [0.2, 0.25) is 5.91 Å². The number of hydrogen-bond donors (Lipinski definition) is 4. The fourth-order valence-corrected chi connectivity index (χ4v) is 2.07. The first-order valence-corrected chi connectivity index (χ1v) is 7.89. The molecule has 2 aromatic carbocycles. The Hall–Kier alpha value is -3.94. The van der Waals surface area contributed by atoms with Crippen molar-refractivity contribution in [3.8, 4) is 0 Å². The van der Waals surface area contributed by atoms with Crippen LogP contribution in [0.2, 0.25) is 0 Å². The van der Waals surface area contributed by atoms with Crippen molar-refractivity contribution in [3.63, 3.8) is 0 Å². The monoisotopic (exact) mass is 367 g/mol. The van der Waals surface area contributed by atoms with Gasteiger partial charge in [-0.1, -0.05) is 30.3 Å². The van der Waals surface area contributed by atoms with Gasteiger partial charge in [-0.15, -0.1) is 0 Å². The number of benzene rings is 2. The zero-order valence-corrected chi connectivity index (χ0v) is 14.1. The molecule has 0 unspecified atom stereocenters. The van der Waals surface area contributed by atoms with Crippen LogP contribution >= 0.6 is 0 Å². The third-order valence-corrected chi connectivity index (χ3v) is 3.31. The zero-order valence-electron chi connectivity index (χ0n) is 14.1. The number of anilines is 1. The number of aliphatic carboxylic acids is 1. The first kappa shape index (κ1) is 19.4. The lowest BCUT2D eigenvalue weighted by Gasteiger charge is -2.08. The van der Waals surface area contributed by atoms with E-state index in [0.29, 0.717) is 11.8 Å². The van der Waals surface area contributed by atoms with E-state index in [2.05, 4.69) is 16.2 Å². The number of carbonyl (C=O) groups excluding carboxylic acids is 3. The van der Waals surface area contributed by atoms with Crippen molar-refractivity contribution in [2.75, 3.05) is 5.32 Å². The molecule has 0 aliphatic carbocycles.